The van der Waals surface area contributed by atoms with Crippen LogP contribution in [0.3, 0.4) is 0 Å². The molecule has 27 heavy (non-hydrogen) atoms. The highest BCUT2D eigenvalue weighted by molar-refractivity contribution is 5.80. The molecule has 2 aliphatic rings. The minimum absolute atomic E-state index is 0.487. The van der Waals surface area contributed by atoms with Gasteiger partial charge in [0.05, 0.1) is 0 Å². The van der Waals surface area contributed by atoms with Crippen LogP contribution in [0, 0.1) is 0 Å². The maximum absolute atomic E-state index is 4.39. The fraction of sp³-hybridized carbons (Fsp3) is 0.435. The largest absolute Gasteiger partial charge is 0.353 e. The number of hydrogen-bond donors (Lipinski definition) is 2. The highest BCUT2D eigenvalue weighted by Crippen LogP contribution is 2.40. The van der Waals surface area contributed by atoms with Crippen LogP contribution in [0.4, 0.5) is 0 Å². The van der Waals surface area contributed by atoms with E-state index in [0.29, 0.717) is 12.0 Å². The Hall–Kier alpha value is -2.33. The molecule has 2 N–H and O–H groups in total. The molecule has 1 aliphatic heterocycles. The number of aliphatic imine (C=N–C) groups is 1. The van der Waals surface area contributed by atoms with Crippen LogP contribution >= 0.6 is 0 Å². The van der Waals surface area contributed by atoms with Crippen molar-refractivity contribution in [3.05, 3.63) is 71.3 Å². The molecule has 0 amide bonds. The zero-order valence-corrected chi connectivity index (χ0v) is 16.2. The molecule has 2 unspecified atom stereocenters. The Morgan fingerprint density at radius 2 is 1.70 bits per heavy atom. The van der Waals surface area contributed by atoms with Gasteiger partial charge in [-0.05, 0) is 49.0 Å². The van der Waals surface area contributed by atoms with Gasteiger partial charge in [0, 0.05) is 32.1 Å². The molecule has 1 aliphatic carbocycles. The Morgan fingerprint density at radius 3 is 2.41 bits per heavy atom. The summed E-state index contributed by atoms with van der Waals surface area (Å²) in [5.41, 5.74) is 4.12. The smallest absolute Gasteiger partial charge is 0.191 e. The van der Waals surface area contributed by atoms with Crippen molar-refractivity contribution in [2.24, 2.45) is 4.99 Å². The van der Waals surface area contributed by atoms with Gasteiger partial charge in [-0.2, -0.15) is 0 Å². The van der Waals surface area contributed by atoms with E-state index < -0.39 is 0 Å². The predicted octanol–water partition coefficient (Wildman–Crippen LogP) is 3.50. The van der Waals surface area contributed by atoms with Gasteiger partial charge in [-0.1, -0.05) is 54.6 Å². The molecule has 142 valence electrons. The van der Waals surface area contributed by atoms with Crippen molar-refractivity contribution < 1.29 is 0 Å². The summed E-state index contributed by atoms with van der Waals surface area (Å²) in [6.07, 6.45) is 3.87. The molecular formula is C23H30N4. The van der Waals surface area contributed by atoms with E-state index in [0.717, 1.165) is 19.0 Å². The second-order valence-electron chi connectivity index (χ2n) is 7.73. The fourth-order valence-corrected chi connectivity index (χ4v) is 3.94. The van der Waals surface area contributed by atoms with Crippen LogP contribution in [0.15, 0.2) is 59.6 Å². The van der Waals surface area contributed by atoms with Crippen LogP contribution in [-0.2, 0) is 13.1 Å². The molecular weight excluding hydrogens is 332 g/mol. The molecule has 2 fully saturated rings. The van der Waals surface area contributed by atoms with E-state index in [1.54, 1.807) is 0 Å². The predicted molar refractivity (Wildman–Crippen MR) is 112 cm³/mol. The highest BCUT2D eigenvalue weighted by atomic mass is 15.2. The molecule has 2 aromatic rings. The SMILES string of the molecule is CN=C(NCc1ccc(CN2CCCC2)cc1)NC1CC1c1ccccc1. The van der Waals surface area contributed by atoms with Crippen molar-refractivity contribution in [2.75, 3.05) is 20.1 Å². The zero-order valence-electron chi connectivity index (χ0n) is 16.2. The van der Waals surface area contributed by atoms with E-state index >= 15 is 0 Å². The van der Waals surface area contributed by atoms with Crippen LogP contribution in [0.1, 0.15) is 41.9 Å². The summed E-state index contributed by atoms with van der Waals surface area (Å²) in [6.45, 7) is 4.37. The minimum atomic E-state index is 0.487. The third kappa shape index (κ3) is 4.89. The second kappa shape index (κ2) is 8.57. The molecule has 4 heteroatoms. The quantitative estimate of drug-likeness (QED) is 0.610. The Kier molecular flexibility index (Phi) is 5.73. The van der Waals surface area contributed by atoms with Gasteiger partial charge in [0.2, 0.25) is 0 Å². The lowest BCUT2D eigenvalue weighted by Crippen LogP contribution is -2.38. The molecule has 2 aromatic carbocycles. The van der Waals surface area contributed by atoms with Crippen molar-refractivity contribution in [1.82, 2.24) is 15.5 Å². The third-order valence-electron chi connectivity index (χ3n) is 5.65. The summed E-state index contributed by atoms with van der Waals surface area (Å²) in [6, 6.07) is 20.2. The number of rotatable bonds is 6. The lowest BCUT2D eigenvalue weighted by atomic mass is 10.1. The van der Waals surface area contributed by atoms with Crippen LogP contribution in [0.5, 0.6) is 0 Å². The van der Waals surface area contributed by atoms with Crippen molar-refractivity contribution in [3.63, 3.8) is 0 Å². The second-order valence-corrected chi connectivity index (χ2v) is 7.73. The molecule has 1 saturated carbocycles. The van der Waals surface area contributed by atoms with Gasteiger partial charge in [-0.15, -0.1) is 0 Å². The summed E-state index contributed by atoms with van der Waals surface area (Å²) in [5.74, 6) is 1.49. The monoisotopic (exact) mass is 362 g/mol. The van der Waals surface area contributed by atoms with Crippen LogP contribution in [0.2, 0.25) is 0 Å². The van der Waals surface area contributed by atoms with E-state index in [4.69, 9.17) is 0 Å². The van der Waals surface area contributed by atoms with Crippen molar-refractivity contribution in [1.29, 1.82) is 0 Å². The zero-order chi connectivity index (χ0) is 18.5. The molecule has 4 rings (SSSR count). The van der Waals surface area contributed by atoms with E-state index in [1.807, 2.05) is 7.05 Å². The molecule has 0 radical (unpaired) electrons. The summed E-state index contributed by atoms with van der Waals surface area (Å²) in [4.78, 5) is 6.92. The van der Waals surface area contributed by atoms with Gasteiger partial charge in [0.15, 0.2) is 5.96 Å². The number of nitrogens with zero attached hydrogens (tertiary/aromatic N) is 2. The maximum atomic E-state index is 4.39. The first kappa shape index (κ1) is 18.1. The van der Waals surface area contributed by atoms with Gasteiger partial charge < -0.3 is 10.6 Å². The Labute approximate surface area is 162 Å². The number of guanidine groups is 1. The molecule has 4 nitrogen and oxygen atoms in total. The number of benzene rings is 2. The lowest BCUT2D eigenvalue weighted by molar-refractivity contribution is 0.331. The maximum Gasteiger partial charge on any atom is 0.191 e. The van der Waals surface area contributed by atoms with Crippen LogP contribution < -0.4 is 10.6 Å². The Bertz CT molecular complexity index is 748. The summed E-state index contributed by atoms with van der Waals surface area (Å²) in [5, 5.41) is 7.00. The van der Waals surface area contributed by atoms with Gasteiger partial charge in [0.25, 0.3) is 0 Å². The molecule has 1 heterocycles. The molecule has 0 bridgehead atoms. The standard InChI is InChI=1S/C23H30N4/c1-24-23(26-22-15-21(22)20-7-3-2-4-8-20)25-16-18-9-11-19(12-10-18)17-27-13-5-6-14-27/h2-4,7-12,21-22H,5-6,13-17H2,1H3,(H2,24,25,26). The van der Waals surface area contributed by atoms with E-state index in [9.17, 15) is 0 Å². The fourth-order valence-electron chi connectivity index (χ4n) is 3.94. The molecule has 2 atom stereocenters. The van der Waals surface area contributed by atoms with Crippen LogP contribution in [0.25, 0.3) is 0 Å². The van der Waals surface area contributed by atoms with Crippen molar-refractivity contribution in [2.45, 2.75) is 44.3 Å². The minimum Gasteiger partial charge on any atom is -0.353 e. The lowest BCUT2D eigenvalue weighted by Gasteiger charge is -2.15. The molecule has 0 spiro atoms. The molecule has 1 saturated heterocycles. The van der Waals surface area contributed by atoms with Crippen LogP contribution in [-0.4, -0.2) is 37.0 Å². The third-order valence-corrected chi connectivity index (χ3v) is 5.65. The summed E-state index contributed by atoms with van der Waals surface area (Å²) < 4.78 is 0. The van der Waals surface area contributed by atoms with Crippen molar-refractivity contribution in [3.8, 4) is 0 Å². The van der Waals surface area contributed by atoms with Gasteiger partial charge in [-0.25, -0.2) is 0 Å². The van der Waals surface area contributed by atoms with E-state index in [-0.39, 0.29) is 0 Å². The van der Waals surface area contributed by atoms with Gasteiger partial charge >= 0.3 is 0 Å². The van der Waals surface area contributed by atoms with Gasteiger partial charge in [-0.3, -0.25) is 9.89 Å². The van der Waals surface area contributed by atoms with Gasteiger partial charge in [0.1, 0.15) is 0 Å². The molecule has 0 aromatic heterocycles. The first-order valence-electron chi connectivity index (χ1n) is 10.1. The highest BCUT2D eigenvalue weighted by Gasteiger charge is 2.38. The number of nitrogens with one attached hydrogen (secondary N) is 2. The van der Waals surface area contributed by atoms with E-state index in [1.165, 1.54) is 49.0 Å². The number of likely N-dealkylation sites (tertiary alicyclic amines) is 1. The first-order valence-corrected chi connectivity index (χ1v) is 10.1. The summed E-state index contributed by atoms with van der Waals surface area (Å²) >= 11 is 0. The van der Waals surface area contributed by atoms with Crippen molar-refractivity contribution >= 4 is 5.96 Å². The normalized spacial score (nSPS) is 22.6. The first-order chi connectivity index (χ1) is 13.3. The topological polar surface area (TPSA) is 39.7 Å². The average Bonchev–Trinajstić information content (AvgIpc) is 3.30. The Balaban J connectivity index is 1.24. The summed E-state index contributed by atoms with van der Waals surface area (Å²) in [7, 11) is 1.84. The Morgan fingerprint density at radius 1 is 1.00 bits per heavy atom. The average molecular weight is 363 g/mol. The van der Waals surface area contributed by atoms with E-state index in [2.05, 4.69) is 75.1 Å². The number of hydrogen-bond acceptors (Lipinski definition) is 2.